The fourth-order valence-corrected chi connectivity index (χ4v) is 2.43. The smallest absolute Gasteiger partial charge is 0.411 e. The van der Waals surface area contributed by atoms with Crippen molar-refractivity contribution in [1.29, 1.82) is 0 Å². The monoisotopic (exact) mass is 289 g/mol. The van der Waals surface area contributed by atoms with E-state index in [0.717, 1.165) is 17.7 Å². The van der Waals surface area contributed by atoms with Crippen LogP contribution in [0.5, 0.6) is 5.75 Å². The second-order valence-electron chi connectivity index (χ2n) is 6.10. The predicted molar refractivity (Wildman–Crippen MR) is 82.4 cm³/mol. The van der Waals surface area contributed by atoms with Crippen molar-refractivity contribution in [3.05, 3.63) is 42.0 Å². The first-order valence-corrected chi connectivity index (χ1v) is 7.20. The van der Waals surface area contributed by atoms with Crippen molar-refractivity contribution in [3.63, 3.8) is 0 Å². The van der Waals surface area contributed by atoms with Crippen molar-refractivity contribution in [2.75, 3.05) is 13.7 Å². The Morgan fingerprint density at radius 3 is 2.62 bits per heavy atom. The molecular formula is C17H23NO3. The van der Waals surface area contributed by atoms with Gasteiger partial charge in [0.15, 0.2) is 0 Å². The number of rotatable bonds is 2. The van der Waals surface area contributed by atoms with Crippen LogP contribution in [0.3, 0.4) is 0 Å². The molecule has 0 aliphatic carbocycles. The number of benzene rings is 1. The zero-order valence-electron chi connectivity index (χ0n) is 13.1. The van der Waals surface area contributed by atoms with Gasteiger partial charge >= 0.3 is 6.09 Å². The van der Waals surface area contributed by atoms with Crippen molar-refractivity contribution < 1.29 is 14.3 Å². The van der Waals surface area contributed by atoms with E-state index in [9.17, 15) is 4.79 Å². The Bertz CT molecular complexity index is 531. The summed E-state index contributed by atoms with van der Waals surface area (Å²) in [6.07, 6.45) is 4.57. The van der Waals surface area contributed by atoms with Gasteiger partial charge in [0.05, 0.1) is 13.2 Å². The van der Waals surface area contributed by atoms with Crippen molar-refractivity contribution in [1.82, 2.24) is 4.90 Å². The summed E-state index contributed by atoms with van der Waals surface area (Å²) in [4.78, 5) is 14.2. The number of methoxy groups -OCH3 is 1. The zero-order valence-corrected chi connectivity index (χ0v) is 13.1. The standard InChI is InChI=1S/C17H23NO3/c1-17(2,3)21-16(19)18-12-8-7-10-14(18)13-9-5-6-11-15(13)20-4/h5-9,11,14H,10,12H2,1-4H3. The molecule has 0 aromatic heterocycles. The molecule has 1 aromatic rings. The molecule has 0 N–H and O–H groups in total. The van der Waals surface area contributed by atoms with E-state index in [1.165, 1.54) is 0 Å². The molecule has 0 radical (unpaired) electrons. The normalized spacial score (nSPS) is 18.5. The van der Waals surface area contributed by atoms with Crippen LogP contribution in [0.1, 0.15) is 38.8 Å². The fraction of sp³-hybridized carbons (Fsp3) is 0.471. The largest absolute Gasteiger partial charge is 0.496 e. The second-order valence-corrected chi connectivity index (χ2v) is 6.10. The molecule has 1 heterocycles. The second kappa shape index (κ2) is 6.20. The highest BCUT2D eigenvalue weighted by atomic mass is 16.6. The lowest BCUT2D eigenvalue weighted by Crippen LogP contribution is -2.40. The zero-order chi connectivity index (χ0) is 15.5. The maximum absolute atomic E-state index is 12.4. The number of amides is 1. The lowest BCUT2D eigenvalue weighted by molar-refractivity contribution is 0.0174. The third-order valence-corrected chi connectivity index (χ3v) is 3.33. The molecule has 1 aliphatic rings. The molecule has 2 rings (SSSR count). The van der Waals surface area contributed by atoms with Crippen LogP contribution in [-0.4, -0.2) is 30.2 Å². The summed E-state index contributed by atoms with van der Waals surface area (Å²) >= 11 is 0. The third kappa shape index (κ3) is 3.78. The first-order valence-electron chi connectivity index (χ1n) is 7.20. The minimum absolute atomic E-state index is 0.0546. The van der Waals surface area contributed by atoms with E-state index in [1.807, 2.05) is 51.1 Å². The quantitative estimate of drug-likeness (QED) is 0.774. The average molecular weight is 289 g/mol. The van der Waals surface area contributed by atoms with Gasteiger partial charge in [-0.3, -0.25) is 4.90 Å². The van der Waals surface area contributed by atoms with E-state index >= 15 is 0 Å². The van der Waals surface area contributed by atoms with Crippen LogP contribution in [0.15, 0.2) is 36.4 Å². The minimum Gasteiger partial charge on any atom is -0.496 e. The molecule has 1 aromatic carbocycles. The van der Waals surface area contributed by atoms with E-state index in [4.69, 9.17) is 9.47 Å². The number of hydrogen-bond donors (Lipinski definition) is 0. The fourth-order valence-electron chi connectivity index (χ4n) is 2.43. The third-order valence-electron chi connectivity index (χ3n) is 3.33. The lowest BCUT2D eigenvalue weighted by atomic mass is 9.98. The van der Waals surface area contributed by atoms with Crippen LogP contribution in [0.2, 0.25) is 0 Å². The van der Waals surface area contributed by atoms with Crippen LogP contribution < -0.4 is 4.74 Å². The van der Waals surface area contributed by atoms with E-state index < -0.39 is 5.60 Å². The minimum atomic E-state index is -0.496. The molecule has 114 valence electrons. The maximum Gasteiger partial charge on any atom is 0.411 e. The Labute approximate surface area is 126 Å². The van der Waals surface area contributed by atoms with Gasteiger partial charge in [-0.2, -0.15) is 0 Å². The number of nitrogens with zero attached hydrogens (tertiary/aromatic N) is 1. The first-order chi connectivity index (χ1) is 9.92. The van der Waals surface area contributed by atoms with Gasteiger partial charge in [-0.05, 0) is 33.3 Å². The maximum atomic E-state index is 12.4. The molecule has 0 spiro atoms. The summed E-state index contributed by atoms with van der Waals surface area (Å²) in [6, 6.07) is 7.75. The molecular weight excluding hydrogens is 266 g/mol. The SMILES string of the molecule is COc1ccccc1C1CC=CCN1C(=O)OC(C)(C)C. The van der Waals surface area contributed by atoms with Crippen molar-refractivity contribution in [3.8, 4) is 5.75 Å². The van der Waals surface area contributed by atoms with Crippen LogP contribution in [-0.2, 0) is 4.74 Å². The van der Waals surface area contributed by atoms with Gasteiger partial charge < -0.3 is 9.47 Å². The van der Waals surface area contributed by atoms with Crippen molar-refractivity contribution in [2.24, 2.45) is 0 Å². The summed E-state index contributed by atoms with van der Waals surface area (Å²) in [5, 5.41) is 0. The molecule has 1 unspecified atom stereocenters. The molecule has 0 saturated carbocycles. The van der Waals surface area contributed by atoms with Crippen molar-refractivity contribution >= 4 is 6.09 Å². The first kappa shape index (κ1) is 15.4. The summed E-state index contributed by atoms with van der Waals surface area (Å²) in [5.74, 6) is 0.798. The van der Waals surface area contributed by atoms with Gasteiger partial charge in [0.2, 0.25) is 0 Å². The summed E-state index contributed by atoms with van der Waals surface area (Å²) in [7, 11) is 1.65. The molecule has 4 heteroatoms. The summed E-state index contributed by atoms with van der Waals surface area (Å²) < 4.78 is 10.9. The van der Waals surface area contributed by atoms with Gasteiger partial charge in [-0.15, -0.1) is 0 Å². The molecule has 1 aliphatic heterocycles. The molecule has 1 atom stereocenters. The highest BCUT2D eigenvalue weighted by Gasteiger charge is 2.31. The average Bonchev–Trinajstić information content (AvgIpc) is 2.45. The Morgan fingerprint density at radius 1 is 1.24 bits per heavy atom. The molecule has 4 nitrogen and oxygen atoms in total. The van der Waals surface area contributed by atoms with Crippen LogP contribution >= 0.6 is 0 Å². The summed E-state index contributed by atoms with van der Waals surface area (Å²) in [5.41, 5.74) is 0.513. The van der Waals surface area contributed by atoms with Gasteiger partial charge in [0, 0.05) is 12.1 Å². The molecule has 0 fully saturated rings. The molecule has 1 amide bonds. The van der Waals surface area contributed by atoms with E-state index in [-0.39, 0.29) is 12.1 Å². The molecule has 0 saturated heterocycles. The Hall–Kier alpha value is -1.97. The number of hydrogen-bond acceptors (Lipinski definition) is 3. The molecule has 0 bridgehead atoms. The number of carbonyl (C=O) groups excluding carboxylic acids is 1. The Balaban J connectivity index is 2.28. The van der Waals surface area contributed by atoms with Crippen LogP contribution in [0.25, 0.3) is 0 Å². The van der Waals surface area contributed by atoms with Gasteiger partial charge in [-0.25, -0.2) is 4.79 Å². The van der Waals surface area contributed by atoms with E-state index in [2.05, 4.69) is 6.08 Å². The Morgan fingerprint density at radius 2 is 1.95 bits per heavy atom. The highest BCUT2D eigenvalue weighted by Crippen LogP contribution is 2.34. The van der Waals surface area contributed by atoms with Crippen molar-refractivity contribution in [2.45, 2.75) is 38.8 Å². The van der Waals surface area contributed by atoms with Gasteiger partial charge in [0.25, 0.3) is 0 Å². The van der Waals surface area contributed by atoms with Gasteiger partial charge in [0.1, 0.15) is 11.4 Å². The Kier molecular flexibility index (Phi) is 4.56. The summed E-state index contributed by atoms with van der Waals surface area (Å²) in [6.45, 7) is 6.19. The van der Waals surface area contributed by atoms with Crippen LogP contribution in [0.4, 0.5) is 4.79 Å². The van der Waals surface area contributed by atoms with Gasteiger partial charge in [-0.1, -0.05) is 30.4 Å². The molecule has 21 heavy (non-hydrogen) atoms. The van der Waals surface area contributed by atoms with E-state index in [0.29, 0.717) is 6.54 Å². The number of para-hydroxylation sites is 1. The topological polar surface area (TPSA) is 38.8 Å². The van der Waals surface area contributed by atoms with Crippen LogP contribution in [0, 0.1) is 0 Å². The number of ether oxygens (including phenoxy) is 2. The lowest BCUT2D eigenvalue weighted by Gasteiger charge is -2.35. The van der Waals surface area contributed by atoms with E-state index in [1.54, 1.807) is 12.0 Å². The number of carbonyl (C=O) groups is 1. The predicted octanol–water partition coefficient (Wildman–Crippen LogP) is 3.93. The highest BCUT2D eigenvalue weighted by molar-refractivity contribution is 5.69.